The van der Waals surface area contributed by atoms with Crippen molar-refractivity contribution >= 4 is 5.97 Å². The van der Waals surface area contributed by atoms with Crippen LogP contribution in [0.1, 0.15) is 92.9 Å². The first-order valence-electron chi connectivity index (χ1n) is 13.9. The number of aliphatic hydroxyl groups excluding tert-OH is 1. The van der Waals surface area contributed by atoms with Crippen LogP contribution in [-0.2, 0) is 19.0 Å². The zero-order valence-electron chi connectivity index (χ0n) is 22.3. The molecule has 0 radical (unpaired) electrons. The molecule has 0 aromatic rings. The van der Waals surface area contributed by atoms with E-state index in [0.29, 0.717) is 24.2 Å². The highest BCUT2D eigenvalue weighted by molar-refractivity contribution is 5.66. The van der Waals surface area contributed by atoms with Crippen LogP contribution in [0.15, 0.2) is 11.6 Å². The Morgan fingerprint density at radius 3 is 2.60 bits per heavy atom. The Kier molecular flexibility index (Phi) is 5.11. The second kappa shape index (κ2) is 7.33. The fraction of sp³-hybridized carbons (Fsp3) is 0.897. The SMILES string of the molecule is CC(=O)O[C@@H]1C[C@]2(C(C)(C)O)O[C@@H]3C[C@H]4[C@@H]5CC=C6C[C@@H](O)CC[C@]6(C)[C@H]5CC[C@]4(C)[C@H]3[C@@]1(C)O2. The lowest BCUT2D eigenvalue weighted by molar-refractivity contribution is -0.384. The molecule has 196 valence electrons. The van der Waals surface area contributed by atoms with Crippen LogP contribution >= 0.6 is 0 Å². The molecule has 6 nitrogen and oxygen atoms in total. The van der Waals surface area contributed by atoms with E-state index in [0.717, 1.165) is 38.5 Å². The number of carbonyl (C=O) groups is 1. The van der Waals surface area contributed by atoms with Gasteiger partial charge in [0.1, 0.15) is 17.3 Å². The molecule has 6 heteroatoms. The zero-order valence-corrected chi connectivity index (χ0v) is 22.3. The van der Waals surface area contributed by atoms with Crippen molar-refractivity contribution in [2.75, 3.05) is 0 Å². The van der Waals surface area contributed by atoms with Gasteiger partial charge in [-0.05, 0) is 94.3 Å². The first-order chi connectivity index (χ1) is 16.2. The van der Waals surface area contributed by atoms with Crippen LogP contribution in [0.3, 0.4) is 0 Å². The van der Waals surface area contributed by atoms with Crippen molar-refractivity contribution in [3.05, 3.63) is 11.6 Å². The molecule has 0 aromatic heterocycles. The molecule has 0 unspecified atom stereocenters. The Balaban J connectivity index is 1.38. The van der Waals surface area contributed by atoms with Gasteiger partial charge in [-0.2, -0.15) is 0 Å². The third-order valence-electron chi connectivity index (χ3n) is 11.8. The lowest BCUT2D eigenvalue weighted by atomic mass is 9.46. The van der Waals surface area contributed by atoms with E-state index >= 15 is 0 Å². The van der Waals surface area contributed by atoms with E-state index in [1.165, 1.54) is 18.9 Å². The second-order valence-corrected chi connectivity index (χ2v) is 14.0. The Morgan fingerprint density at radius 1 is 1.17 bits per heavy atom. The van der Waals surface area contributed by atoms with Gasteiger partial charge in [0.2, 0.25) is 5.79 Å². The van der Waals surface area contributed by atoms with E-state index in [2.05, 4.69) is 26.8 Å². The lowest BCUT2D eigenvalue weighted by Gasteiger charge is -2.59. The molecule has 35 heavy (non-hydrogen) atoms. The van der Waals surface area contributed by atoms with E-state index in [-0.39, 0.29) is 34.9 Å². The largest absolute Gasteiger partial charge is 0.459 e. The van der Waals surface area contributed by atoms with Crippen molar-refractivity contribution in [3.8, 4) is 0 Å². The summed E-state index contributed by atoms with van der Waals surface area (Å²) in [7, 11) is 0. The molecule has 2 heterocycles. The predicted molar refractivity (Wildman–Crippen MR) is 130 cm³/mol. The van der Waals surface area contributed by atoms with Crippen LogP contribution in [0.25, 0.3) is 0 Å². The van der Waals surface area contributed by atoms with Gasteiger partial charge in [-0.1, -0.05) is 25.5 Å². The van der Waals surface area contributed by atoms with Crippen molar-refractivity contribution in [2.24, 2.45) is 34.5 Å². The van der Waals surface area contributed by atoms with E-state index in [9.17, 15) is 15.0 Å². The van der Waals surface area contributed by atoms with Crippen LogP contribution in [-0.4, -0.2) is 51.5 Å². The maximum atomic E-state index is 12.1. The molecule has 2 saturated heterocycles. The van der Waals surface area contributed by atoms with Crippen LogP contribution < -0.4 is 0 Å². The summed E-state index contributed by atoms with van der Waals surface area (Å²) >= 11 is 0. The van der Waals surface area contributed by atoms with Crippen LogP contribution in [0.4, 0.5) is 0 Å². The van der Waals surface area contributed by atoms with Crippen molar-refractivity contribution in [3.63, 3.8) is 0 Å². The third-order valence-corrected chi connectivity index (χ3v) is 11.8. The summed E-state index contributed by atoms with van der Waals surface area (Å²) in [5.74, 6) is 0.336. The molecule has 11 atom stereocenters. The molecular formula is C29H44O6. The molecule has 3 saturated carbocycles. The molecule has 0 spiro atoms. The highest BCUT2D eigenvalue weighted by atomic mass is 16.8. The van der Waals surface area contributed by atoms with Gasteiger partial charge >= 0.3 is 5.97 Å². The summed E-state index contributed by atoms with van der Waals surface area (Å²) in [6, 6.07) is 0. The number of allylic oxidation sites excluding steroid dienone is 1. The minimum absolute atomic E-state index is 0.0188. The lowest BCUT2D eigenvalue weighted by Crippen LogP contribution is -2.64. The minimum Gasteiger partial charge on any atom is -0.459 e. The van der Waals surface area contributed by atoms with E-state index in [4.69, 9.17) is 14.2 Å². The molecule has 6 rings (SSSR count). The number of hydrogen-bond donors (Lipinski definition) is 2. The van der Waals surface area contributed by atoms with Gasteiger partial charge in [0.15, 0.2) is 0 Å². The first kappa shape index (κ1) is 24.4. The average molecular weight is 489 g/mol. The van der Waals surface area contributed by atoms with Crippen LogP contribution in [0.5, 0.6) is 0 Å². The van der Waals surface area contributed by atoms with Gasteiger partial charge < -0.3 is 24.4 Å². The van der Waals surface area contributed by atoms with Crippen LogP contribution in [0, 0.1) is 34.5 Å². The maximum Gasteiger partial charge on any atom is 0.303 e. The van der Waals surface area contributed by atoms with Gasteiger partial charge in [0.05, 0.1) is 12.2 Å². The maximum absolute atomic E-state index is 12.1. The average Bonchev–Trinajstić information content (AvgIpc) is 3.17. The molecular weight excluding hydrogens is 444 g/mol. The Hall–Kier alpha value is -0.950. The van der Waals surface area contributed by atoms with Gasteiger partial charge in [-0.3, -0.25) is 4.79 Å². The summed E-state index contributed by atoms with van der Waals surface area (Å²) in [5.41, 5.74) is -0.223. The molecule has 0 amide bonds. The van der Waals surface area contributed by atoms with Gasteiger partial charge in [0, 0.05) is 19.3 Å². The first-order valence-corrected chi connectivity index (χ1v) is 13.9. The quantitative estimate of drug-likeness (QED) is 0.439. The number of rotatable bonds is 2. The number of hydrogen-bond acceptors (Lipinski definition) is 6. The number of fused-ring (bicyclic) bond motifs is 10. The summed E-state index contributed by atoms with van der Waals surface area (Å²) in [6.07, 6.45) is 9.30. The van der Waals surface area contributed by atoms with E-state index in [1.807, 2.05) is 0 Å². The second-order valence-electron chi connectivity index (χ2n) is 14.0. The van der Waals surface area contributed by atoms with Gasteiger partial charge in [0.25, 0.3) is 0 Å². The van der Waals surface area contributed by atoms with E-state index < -0.39 is 23.1 Å². The van der Waals surface area contributed by atoms with Crippen LogP contribution in [0.2, 0.25) is 0 Å². The normalized spacial score (nSPS) is 54.7. The predicted octanol–water partition coefficient (Wildman–Crippen LogP) is 4.51. The Labute approximate surface area is 209 Å². The summed E-state index contributed by atoms with van der Waals surface area (Å²) in [5, 5.41) is 21.5. The molecule has 2 aliphatic heterocycles. The number of esters is 1. The summed E-state index contributed by atoms with van der Waals surface area (Å²) in [6.45, 7) is 11.9. The molecule has 6 aliphatic rings. The number of carbonyl (C=O) groups excluding carboxylic acids is 1. The third kappa shape index (κ3) is 3.12. The van der Waals surface area contributed by atoms with Crippen molar-refractivity contribution in [1.29, 1.82) is 0 Å². The highest BCUT2D eigenvalue weighted by Crippen LogP contribution is 2.72. The fourth-order valence-corrected chi connectivity index (χ4v) is 10.1. The van der Waals surface area contributed by atoms with Crippen molar-refractivity contribution < 1.29 is 29.2 Å². The number of ether oxygens (including phenoxy) is 3. The molecule has 2 bridgehead atoms. The molecule has 4 aliphatic carbocycles. The Bertz CT molecular complexity index is 953. The summed E-state index contributed by atoms with van der Waals surface area (Å²) in [4.78, 5) is 12.1. The minimum atomic E-state index is -1.22. The van der Waals surface area contributed by atoms with Gasteiger partial charge in [-0.25, -0.2) is 0 Å². The van der Waals surface area contributed by atoms with Crippen molar-refractivity contribution in [1.82, 2.24) is 0 Å². The topological polar surface area (TPSA) is 85.2 Å². The van der Waals surface area contributed by atoms with E-state index in [1.54, 1.807) is 13.8 Å². The standard InChI is InChI=1S/C29H44O6/c1-16(30)33-23-15-29(25(2,3)32)34-22-14-21-19-8-7-17-13-18(31)9-11-26(17,4)20(19)10-12-27(21,5)24(22)28(23,6)35-29/h7,18-24,31-32H,8-15H2,1-6H3/t18-,19+,20-,21-,22+,23+,24-,26-,27-,28-,29-/m0/s1. The van der Waals surface area contributed by atoms with Crippen molar-refractivity contribution in [2.45, 2.75) is 128 Å². The fourth-order valence-electron chi connectivity index (χ4n) is 10.1. The Morgan fingerprint density at radius 2 is 1.91 bits per heavy atom. The highest BCUT2D eigenvalue weighted by Gasteiger charge is 2.76. The summed E-state index contributed by atoms with van der Waals surface area (Å²) < 4.78 is 19.4. The monoisotopic (exact) mass is 488 g/mol. The zero-order chi connectivity index (χ0) is 25.2. The molecule has 5 fully saturated rings. The smallest absolute Gasteiger partial charge is 0.303 e. The van der Waals surface area contributed by atoms with Gasteiger partial charge in [-0.15, -0.1) is 0 Å². The molecule has 2 N–H and O–H groups in total. The molecule has 0 aromatic carbocycles. The number of aliphatic hydroxyl groups is 2.